The summed E-state index contributed by atoms with van der Waals surface area (Å²) in [5, 5.41) is 4.45. The second-order valence-corrected chi connectivity index (χ2v) is 8.68. The normalized spacial score (nSPS) is 16.3. The molecule has 1 aliphatic rings. The zero-order valence-electron chi connectivity index (χ0n) is 15.0. The zero-order chi connectivity index (χ0) is 19.6. The van der Waals surface area contributed by atoms with E-state index in [0.29, 0.717) is 43.6 Å². The molecular weight excluding hydrogens is 398 g/mol. The Morgan fingerprint density at radius 1 is 1.04 bits per heavy atom. The van der Waals surface area contributed by atoms with Crippen LogP contribution in [0, 0.1) is 4.84 Å². The highest BCUT2D eigenvalue weighted by Crippen LogP contribution is 2.19. The molecular formula is C18H19N5O3S2. The predicted octanol–water partition coefficient (Wildman–Crippen LogP) is 2.23. The lowest BCUT2D eigenvalue weighted by Gasteiger charge is -2.33. The first kappa shape index (κ1) is 18.9. The lowest BCUT2D eigenvalue weighted by atomic mass is 10.2. The summed E-state index contributed by atoms with van der Waals surface area (Å²) >= 11 is 5.28. The highest BCUT2D eigenvalue weighted by atomic mass is 32.2. The molecule has 28 heavy (non-hydrogen) atoms. The van der Waals surface area contributed by atoms with Gasteiger partial charge in [0.15, 0.2) is 0 Å². The van der Waals surface area contributed by atoms with Gasteiger partial charge in [-0.15, -0.1) is 5.10 Å². The van der Waals surface area contributed by atoms with Gasteiger partial charge in [0.1, 0.15) is 4.90 Å². The summed E-state index contributed by atoms with van der Waals surface area (Å²) in [6, 6.07) is 12.8. The van der Waals surface area contributed by atoms with Crippen molar-refractivity contribution in [3.63, 3.8) is 0 Å². The number of nitrogens with zero attached hydrogens (tertiary/aromatic N) is 5. The largest absolute Gasteiger partial charge is 0.409 e. The van der Waals surface area contributed by atoms with E-state index in [0.717, 1.165) is 5.56 Å². The molecule has 0 bridgehead atoms. The molecule has 0 saturated carbocycles. The summed E-state index contributed by atoms with van der Waals surface area (Å²) in [6.45, 7) is 2.40. The van der Waals surface area contributed by atoms with Crippen LogP contribution in [0.4, 0.5) is 0 Å². The Hall–Kier alpha value is -2.40. The number of hydrogen-bond donors (Lipinski definition) is 0. The molecule has 0 radical (unpaired) electrons. The number of benzene rings is 1. The average Bonchev–Trinajstić information content (AvgIpc) is 3.10. The van der Waals surface area contributed by atoms with Crippen LogP contribution in [0.3, 0.4) is 0 Å². The molecule has 3 heterocycles. The number of aromatic nitrogens is 3. The molecule has 0 N–H and O–H groups in total. The van der Waals surface area contributed by atoms with E-state index < -0.39 is 10.0 Å². The summed E-state index contributed by atoms with van der Waals surface area (Å²) in [5.74, 6) is 0.475. The van der Waals surface area contributed by atoms with Gasteiger partial charge in [0.25, 0.3) is 4.84 Å². The third-order valence-corrected chi connectivity index (χ3v) is 6.74. The summed E-state index contributed by atoms with van der Waals surface area (Å²) < 4.78 is 34.1. The number of piperazine rings is 1. The molecule has 0 amide bonds. The summed E-state index contributed by atoms with van der Waals surface area (Å²) in [5.41, 5.74) is 0.861. The fraction of sp³-hybridized carbons (Fsp3) is 0.278. The van der Waals surface area contributed by atoms with Crippen LogP contribution in [0.5, 0.6) is 0 Å². The Labute approximate surface area is 168 Å². The molecule has 0 spiro atoms. The molecule has 0 atom stereocenters. The van der Waals surface area contributed by atoms with Gasteiger partial charge in [-0.25, -0.2) is 13.1 Å². The van der Waals surface area contributed by atoms with E-state index in [1.54, 1.807) is 23.0 Å². The van der Waals surface area contributed by atoms with Gasteiger partial charge >= 0.3 is 0 Å². The van der Waals surface area contributed by atoms with Gasteiger partial charge < -0.3 is 4.42 Å². The van der Waals surface area contributed by atoms with E-state index in [4.69, 9.17) is 16.6 Å². The van der Waals surface area contributed by atoms with Crippen molar-refractivity contribution in [1.82, 2.24) is 24.0 Å². The van der Waals surface area contributed by atoms with Crippen molar-refractivity contribution in [1.29, 1.82) is 0 Å². The monoisotopic (exact) mass is 417 g/mol. The molecule has 0 unspecified atom stereocenters. The number of pyridine rings is 1. The summed E-state index contributed by atoms with van der Waals surface area (Å²) in [4.78, 5) is 6.52. The Balaban J connectivity index is 1.42. The molecule has 146 valence electrons. The van der Waals surface area contributed by atoms with Crippen LogP contribution in [0.15, 0.2) is 64.2 Å². The Bertz CT molecular complexity index is 1090. The molecule has 1 aromatic carbocycles. The molecule has 3 aromatic rings. The van der Waals surface area contributed by atoms with Crippen LogP contribution in [0.1, 0.15) is 0 Å². The van der Waals surface area contributed by atoms with Gasteiger partial charge in [0, 0.05) is 44.1 Å². The Morgan fingerprint density at radius 3 is 2.46 bits per heavy atom. The molecule has 4 rings (SSSR count). The summed E-state index contributed by atoms with van der Waals surface area (Å²) in [7, 11) is -3.52. The van der Waals surface area contributed by atoms with E-state index in [1.807, 2.05) is 30.3 Å². The third-order valence-electron chi connectivity index (χ3n) is 4.56. The molecule has 0 aliphatic carbocycles. The SMILES string of the molecule is O=S(=O)(c1cccnc1)N1CCN(Cn2nc(-c3ccccc3)oc2=S)CC1. The average molecular weight is 418 g/mol. The maximum absolute atomic E-state index is 12.7. The molecule has 1 fully saturated rings. The van der Waals surface area contributed by atoms with Crippen molar-refractivity contribution < 1.29 is 12.8 Å². The second kappa shape index (κ2) is 7.92. The highest BCUT2D eigenvalue weighted by Gasteiger charge is 2.28. The van der Waals surface area contributed by atoms with Gasteiger partial charge in [-0.3, -0.25) is 9.88 Å². The second-order valence-electron chi connectivity index (χ2n) is 6.39. The number of hydrogen-bond acceptors (Lipinski definition) is 7. The van der Waals surface area contributed by atoms with Gasteiger partial charge in [-0.1, -0.05) is 18.2 Å². The zero-order valence-corrected chi connectivity index (χ0v) is 16.6. The minimum absolute atomic E-state index is 0.217. The first-order valence-corrected chi connectivity index (χ1v) is 10.6. The van der Waals surface area contributed by atoms with Crippen LogP contribution < -0.4 is 0 Å². The smallest absolute Gasteiger partial charge is 0.288 e. The number of sulfonamides is 1. The fourth-order valence-corrected chi connectivity index (χ4v) is 4.61. The molecule has 1 aliphatic heterocycles. The quantitative estimate of drug-likeness (QED) is 0.589. The molecule has 2 aromatic heterocycles. The maximum atomic E-state index is 12.7. The van der Waals surface area contributed by atoms with E-state index in [-0.39, 0.29) is 4.90 Å². The maximum Gasteiger partial charge on any atom is 0.288 e. The van der Waals surface area contributed by atoms with Gasteiger partial charge in [-0.2, -0.15) is 4.31 Å². The van der Waals surface area contributed by atoms with Crippen LogP contribution in [-0.2, 0) is 16.7 Å². The van der Waals surface area contributed by atoms with Crippen molar-refractivity contribution in [2.24, 2.45) is 0 Å². The Kier molecular flexibility index (Phi) is 5.36. The van der Waals surface area contributed by atoms with Gasteiger partial charge in [-0.05, 0) is 36.5 Å². The first-order chi connectivity index (χ1) is 13.5. The van der Waals surface area contributed by atoms with Crippen LogP contribution >= 0.6 is 12.2 Å². The summed E-state index contributed by atoms with van der Waals surface area (Å²) in [6.07, 6.45) is 2.93. The standard InChI is InChI=1S/C18H19N5O3S2/c24-28(25,16-7-4-8-19-13-16)22-11-9-21(10-12-22)14-23-18(27)26-17(20-23)15-5-2-1-3-6-15/h1-8,13H,9-12,14H2. The molecule has 1 saturated heterocycles. The predicted molar refractivity (Wildman–Crippen MR) is 105 cm³/mol. The lowest BCUT2D eigenvalue weighted by molar-refractivity contribution is 0.143. The number of rotatable bonds is 5. The van der Waals surface area contributed by atoms with Crippen molar-refractivity contribution in [3.8, 4) is 11.5 Å². The van der Waals surface area contributed by atoms with Crippen LogP contribution in [-0.4, -0.2) is 58.6 Å². The van der Waals surface area contributed by atoms with Crippen molar-refractivity contribution >= 4 is 22.2 Å². The van der Waals surface area contributed by atoms with E-state index in [2.05, 4.69) is 15.0 Å². The van der Waals surface area contributed by atoms with Crippen LogP contribution in [0.25, 0.3) is 11.5 Å². The Morgan fingerprint density at radius 2 is 1.79 bits per heavy atom. The third kappa shape index (κ3) is 3.90. The van der Waals surface area contributed by atoms with Crippen molar-refractivity contribution in [2.45, 2.75) is 11.6 Å². The lowest BCUT2D eigenvalue weighted by Crippen LogP contribution is -2.48. The van der Waals surface area contributed by atoms with Gasteiger partial charge in [0.05, 0.1) is 6.67 Å². The van der Waals surface area contributed by atoms with E-state index >= 15 is 0 Å². The minimum Gasteiger partial charge on any atom is -0.409 e. The van der Waals surface area contributed by atoms with Crippen molar-refractivity contribution in [2.75, 3.05) is 26.2 Å². The van der Waals surface area contributed by atoms with Gasteiger partial charge in [0.2, 0.25) is 15.9 Å². The van der Waals surface area contributed by atoms with Crippen molar-refractivity contribution in [3.05, 3.63) is 59.7 Å². The minimum atomic E-state index is -3.52. The molecule has 10 heteroatoms. The fourth-order valence-electron chi connectivity index (χ4n) is 3.04. The highest BCUT2D eigenvalue weighted by molar-refractivity contribution is 7.89. The van der Waals surface area contributed by atoms with Crippen LogP contribution in [0.2, 0.25) is 0 Å². The van der Waals surface area contributed by atoms with E-state index in [9.17, 15) is 8.42 Å². The molecule has 8 nitrogen and oxygen atoms in total. The first-order valence-electron chi connectivity index (χ1n) is 8.80. The van der Waals surface area contributed by atoms with E-state index in [1.165, 1.54) is 10.5 Å². The topological polar surface area (TPSA) is 84.5 Å².